The molecule has 3 nitrogen and oxygen atoms in total. The Hall–Kier alpha value is -1.26. The van der Waals surface area contributed by atoms with Crippen molar-refractivity contribution in [1.29, 1.82) is 0 Å². The number of methoxy groups -OCH3 is 1. The summed E-state index contributed by atoms with van der Waals surface area (Å²) in [6.07, 6.45) is 4.26. The van der Waals surface area contributed by atoms with Crippen molar-refractivity contribution in [2.45, 2.75) is 31.2 Å². The summed E-state index contributed by atoms with van der Waals surface area (Å²) in [5.41, 5.74) is -0.770. The average Bonchev–Trinajstić information content (AvgIpc) is 2.84. The van der Waals surface area contributed by atoms with Crippen LogP contribution in [0.1, 0.15) is 31.2 Å². The fourth-order valence-corrected chi connectivity index (χ4v) is 3.00. The first-order valence-corrected chi connectivity index (χ1v) is 6.66. The molecule has 1 aromatic carbocycles. The van der Waals surface area contributed by atoms with Crippen molar-refractivity contribution in [3.05, 3.63) is 27.7 Å². The molecular formula is C13H12BrF2NO2. The van der Waals surface area contributed by atoms with E-state index in [9.17, 15) is 13.6 Å². The quantitative estimate of drug-likeness (QED) is 0.479. The normalized spacial score (nSPS) is 17.1. The number of aliphatic imine (C=N–C) groups is 1. The number of hydrogen-bond acceptors (Lipinski definition) is 3. The molecule has 0 aliphatic heterocycles. The van der Waals surface area contributed by atoms with Crippen LogP contribution in [-0.2, 0) is 10.3 Å². The molecule has 1 aliphatic carbocycles. The van der Waals surface area contributed by atoms with Gasteiger partial charge in [-0.1, -0.05) is 12.8 Å². The van der Waals surface area contributed by atoms with Gasteiger partial charge in [0, 0.05) is 5.56 Å². The number of carbonyl (C=O) groups excluding carboxylic acids is 1. The Bertz CT molecular complexity index is 550. The lowest BCUT2D eigenvalue weighted by Crippen LogP contribution is -2.21. The number of ether oxygens (including phenoxy) is 1. The van der Waals surface area contributed by atoms with Gasteiger partial charge in [0.15, 0.2) is 17.4 Å². The predicted octanol–water partition coefficient (Wildman–Crippen LogP) is 3.84. The summed E-state index contributed by atoms with van der Waals surface area (Å²) in [6.45, 7) is 0. The van der Waals surface area contributed by atoms with Crippen molar-refractivity contribution in [2.24, 2.45) is 4.99 Å². The second kappa shape index (κ2) is 5.39. The van der Waals surface area contributed by atoms with Crippen LogP contribution in [0.4, 0.5) is 8.78 Å². The molecule has 1 aromatic rings. The highest BCUT2D eigenvalue weighted by atomic mass is 79.9. The number of hydrogen-bond donors (Lipinski definition) is 0. The van der Waals surface area contributed by atoms with Gasteiger partial charge < -0.3 is 4.74 Å². The molecule has 0 N–H and O–H groups in total. The fraction of sp³-hybridized carbons (Fsp3) is 0.462. The Morgan fingerprint density at radius 3 is 2.53 bits per heavy atom. The molecule has 1 saturated carbocycles. The van der Waals surface area contributed by atoms with E-state index in [1.54, 1.807) is 0 Å². The summed E-state index contributed by atoms with van der Waals surface area (Å²) in [5.74, 6) is -2.06. The van der Waals surface area contributed by atoms with Crippen LogP contribution in [0.15, 0.2) is 15.5 Å². The molecule has 0 radical (unpaired) electrons. The first-order chi connectivity index (χ1) is 9.05. The van der Waals surface area contributed by atoms with E-state index in [-0.39, 0.29) is 10.0 Å². The Morgan fingerprint density at radius 1 is 1.37 bits per heavy atom. The highest BCUT2D eigenvalue weighted by Gasteiger charge is 2.40. The standard InChI is InChI=1S/C13H12BrF2NO2/c1-19-12-10(15)8(6-9(14)11(12)16)13(17-7-18)4-2-3-5-13/h6H,2-5H2,1H3. The highest BCUT2D eigenvalue weighted by Crippen LogP contribution is 2.46. The molecule has 19 heavy (non-hydrogen) atoms. The molecule has 2 rings (SSSR count). The molecule has 0 spiro atoms. The average molecular weight is 332 g/mol. The van der Waals surface area contributed by atoms with Gasteiger partial charge in [-0.15, -0.1) is 0 Å². The van der Waals surface area contributed by atoms with E-state index in [2.05, 4.69) is 20.9 Å². The highest BCUT2D eigenvalue weighted by molar-refractivity contribution is 9.10. The van der Waals surface area contributed by atoms with Crippen molar-refractivity contribution >= 4 is 22.0 Å². The van der Waals surface area contributed by atoms with E-state index in [1.807, 2.05) is 0 Å². The molecule has 0 atom stereocenters. The van der Waals surface area contributed by atoms with Crippen LogP contribution in [0.25, 0.3) is 0 Å². The lowest BCUT2D eigenvalue weighted by Gasteiger charge is -2.24. The minimum absolute atomic E-state index is 0.0909. The smallest absolute Gasteiger partial charge is 0.235 e. The van der Waals surface area contributed by atoms with E-state index in [4.69, 9.17) is 4.74 Å². The van der Waals surface area contributed by atoms with Crippen LogP contribution in [0.5, 0.6) is 5.75 Å². The molecule has 0 bridgehead atoms. The largest absolute Gasteiger partial charge is 0.491 e. The minimum atomic E-state index is -0.949. The number of isocyanates is 1. The number of rotatable bonds is 3. The predicted molar refractivity (Wildman–Crippen MR) is 68.9 cm³/mol. The molecule has 1 aliphatic rings. The molecule has 0 unspecified atom stereocenters. The van der Waals surface area contributed by atoms with E-state index >= 15 is 0 Å². The van der Waals surface area contributed by atoms with Gasteiger partial charge in [-0.3, -0.25) is 0 Å². The van der Waals surface area contributed by atoms with Crippen molar-refractivity contribution in [3.63, 3.8) is 0 Å². The van der Waals surface area contributed by atoms with Gasteiger partial charge in [-0.25, -0.2) is 13.6 Å². The van der Waals surface area contributed by atoms with Crippen LogP contribution in [0, 0.1) is 11.6 Å². The van der Waals surface area contributed by atoms with Gasteiger partial charge in [-0.05, 0) is 34.8 Å². The summed E-state index contributed by atoms with van der Waals surface area (Å²) < 4.78 is 32.9. The molecule has 102 valence electrons. The zero-order valence-corrected chi connectivity index (χ0v) is 11.9. The summed E-state index contributed by atoms with van der Waals surface area (Å²) in [7, 11) is 1.20. The maximum absolute atomic E-state index is 14.4. The van der Waals surface area contributed by atoms with Gasteiger partial charge in [0.25, 0.3) is 0 Å². The van der Waals surface area contributed by atoms with Gasteiger partial charge in [-0.2, -0.15) is 4.99 Å². The molecule has 0 heterocycles. The molecular weight excluding hydrogens is 320 g/mol. The van der Waals surface area contributed by atoms with Crippen LogP contribution in [0.3, 0.4) is 0 Å². The number of nitrogens with zero attached hydrogens (tertiary/aromatic N) is 1. The van der Waals surface area contributed by atoms with Gasteiger partial charge in [0.2, 0.25) is 6.08 Å². The molecule has 0 aromatic heterocycles. The summed E-state index contributed by atoms with van der Waals surface area (Å²) in [6, 6.07) is 1.33. The Balaban J connectivity index is 2.67. The lowest BCUT2D eigenvalue weighted by molar-refractivity contribution is 0.345. The maximum atomic E-state index is 14.4. The topological polar surface area (TPSA) is 38.7 Å². The molecule has 0 amide bonds. The van der Waals surface area contributed by atoms with Crippen molar-refractivity contribution < 1.29 is 18.3 Å². The minimum Gasteiger partial charge on any atom is -0.491 e. The summed E-state index contributed by atoms with van der Waals surface area (Å²) in [5, 5.41) is 0. The third-order valence-electron chi connectivity index (χ3n) is 3.51. The number of benzene rings is 1. The van der Waals surface area contributed by atoms with Crippen LogP contribution in [0.2, 0.25) is 0 Å². The molecule has 6 heteroatoms. The Labute approximate surface area is 117 Å². The monoisotopic (exact) mass is 331 g/mol. The van der Waals surface area contributed by atoms with Crippen molar-refractivity contribution in [1.82, 2.24) is 0 Å². The van der Waals surface area contributed by atoms with Crippen LogP contribution >= 0.6 is 15.9 Å². The van der Waals surface area contributed by atoms with Gasteiger partial charge in [0.1, 0.15) is 5.54 Å². The Kier molecular flexibility index (Phi) is 4.02. The van der Waals surface area contributed by atoms with Gasteiger partial charge >= 0.3 is 0 Å². The first-order valence-electron chi connectivity index (χ1n) is 5.87. The second-order valence-electron chi connectivity index (χ2n) is 4.51. The fourth-order valence-electron chi connectivity index (χ4n) is 2.59. The maximum Gasteiger partial charge on any atom is 0.235 e. The van der Waals surface area contributed by atoms with E-state index in [1.165, 1.54) is 19.3 Å². The van der Waals surface area contributed by atoms with Gasteiger partial charge in [0.05, 0.1) is 11.6 Å². The zero-order valence-electron chi connectivity index (χ0n) is 10.3. The third kappa shape index (κ3) is 2.30. The van der Waals surface area contributed by atoms with E-state index < -0.39 is 22.9 Å². The first kappa shape index (κ1) is 14.2. The summed E-state index contributed by atoms with van der Waals surface area (Å²) >= 11 is 3.03. The zero-order chi connectivity index (χ0) is 14.0. The SMILES string of the molecule is COc1c(F)c(Br)cc(C2(N=C=O)CCCC2)c1F. The van der Waals surface area contributed by atoms with Crippen molar-refractivity contribution in [3.8, 4) is 5.75 Å². The van der Waals surface area contributed by atoms with E-state index in [0.29, 0.717) is 12.8 Å². The van der Waals surface area contributed by atoms with Crippen LogP contribution in [-0.4, -0.2) is 13.2 Å². The van der Waals surface area contributed by atoms with Crippen LogP contribution < -0.4 is 4.74 Å². The van der Waals surface area contributed by atoms with E-state index in [0.717, 1.165) is 12.8 Å². The van der Waals surface area contributed by atoms with Crippen molar-refractivity contribution in [2.75, 3.05) is 7.11 Å². The molecule has 1 fully saturated rings. The third-order valence-corrected chi connectivity index (χ3v) is 4.09. The number of halogens is 3. The second-order valence-corrected chi connectivity index (χ2v) is 5.36. The lowest BCUT2D eigenvalue weighted by atomic mass is 9.88. The summed E-state index contributed by atoms with van der Waals surface area (Å²) in [4.78, 5) is 14.4. The Morgan fingerprint density at radius 2 is 2.00 bits per heavy atom. The molecule has 0 saturated heterocycles.